The minimum absolute atomic E-state index is 0.472. The second-order valence-corrected chi connectivity index (χ2v) is 4.73. The van der Waals surface area contributed by atoms with E-state index in [1.165, 1.54) is 11.1 Å². The van der Waals surface area contributed by atoms with Crippen molar-refractivity contribution in [3.63, 3.8) is 0 Å². The predicted molar refractivity (Wildman–Crippen MR) is 72.9 cm³/mol. The van der Waals surface area contributed by atoms with Gasteiger partial charge < -0.3 is 0 Å². The van der Waals surface area contributed by atoms with Crippen molar-refractivity contribution < 1.29 is 0 Å². The fourth-order valence-electron chi connectivity index (χ4n) is 1.93. The zero-order valence-corrected chi connectivity index (χ0v) is 10.9. The van der Waals surface area contributed by atoms with Gasteiger partial charge in [-0.25, -0.2) is 9.50 Å². The minimum Gasteiger partial charge on any atom is -0.241 e. The first-order chi connectivity index (χ1) is 8.65. The normalized spacial score (nSPS) is 11.1. The van der Waals surface area contributed by atoms with Gasteiger partial charge >= 0.3 is 0 Å². The van der Waals surface area contributed by atoms with Crippen molar-refractivity contribution in [3.05, 3.63) is 52.9 Å². The smallest absolute Gasteiger partial charge is 0.154 e. The molecule has 0 aliphatic rings. The summed E-state index contributed by atoms with van der Waals surface area (Å²) in [4.78, 5) is 4.05. The maximum atomic E-state index is 6.04. The molecule has 0 unspecified atom stereocenters. The first-order valence-electron chi connectivity index (χ1n) is 5.72. The molecule has 0 aliphatic carbocycles. The van der Waals surface area contributed by atoms with E-state index in [-0.39, 0.29) is 0 Å². The zero-order valence-electron chi connectivity index (χ0n) is 10.2. The fourth-order valence-corrected chi connectivity index (χ4v) is 2.13. The van der Waals surface area contributed by atoms with Gasteiger partial charge in [-0.05, 0) is 37.1 Å². The Hall–Kier alpha value is -1.87. The molecule has 3 rings (SSSR count). The zero-order chi connectivity index (χ0) is 12.7. The van der Waals surface area contributed by atoms with E-state index >= 15 is 0 Å². The number of benzene rings is 1. The molecule has 0 N–H and O–H groups in total. The Kier molecular flexibility index (Phi) is 2.56. The van der Waals surface area contributed by atoms with Gasteiger partial charge in [0.15, 0.2) is 5.15 Å². The van der Waals surface area contributed by atoms with E-state index in [2.05, 4.69) is 42.1 Å². The average molecular weight is 258 g/mol. The van der Waals surface area contributed by atoms with Crippen LogP contribution >= 0.6 is 11.6 Å². The number of hydrogen-bond acceptors (Lipinski definition) is 2. The van der Waals surface area contributed by atoms with Crippen molar-refractivity contribution in [3.8, 4) is 11.3 Å². The second-order valence-electron chi connectivity index (χ2n) is 4.38. The topological polar surface area (TPSA) is 30.2 Å². The summed E-state index contributed by atoms with van der Waals surface area (Å²) >= 11 is 6.04. The molecule has 0 atom stereocenters. The highest BCUT2D eigenvalue weighted by Gasteiger charge is 2.08. The molecule has 0 amide bonds. The van der Waals surface area contributed by atoms with Crippen LogP contribution in [0.5, 0.6) is 0 Å². The van der Waals surface area contributed by atoms with Crippen LogP contribution in [0, 0.1) is 13.8 Å². The number of halogens is 1. The fraction of sp³-hybridized carbons (Fsp3) is 0.143. The van der Waals surface area contributed by atoms with E-state index in [0.29, 0.717) is 5.15 Å². The molecule has 2 aromatic heterocycles. The van der Waals surface area contributed by atoms with Crippen molar-refractivity contribution in [2.75, 3.05) is 0 Å². The number of rotatable bonds is 1. The van der Waals surface area contributed by atoms with Crippen LogP contribution in [0.25, 0.3) is 16.8 Å². The first-order valence-corrected chi connectivity index (χ1v) is 6.10. The third-order valence-corrected chi connectivity index (χ3v) is 3.44. The van der Waals surface area contributed by atoms with Crippen LogP contribution in [0.4, 0.5) is 0 Å². The Morgan fingerprint density at radius 3 is 2.67 bits per heavy atom. The van der Waals surface area contributed by atoms with Crippen molar-refractivity contribution in [2.24, 2.45) is 0 Å². The van der Waals surface area contributed by atoms with Gasteiger partial charge in [-0.3, -0.25) is 0 Å². The Morgan fingerprint density at radius 2 is 1.94 bits per heavy atom. The van der Waals surface area contributed by atoms with Crippen LogP contribution < -0.4 is 0 Å². The number of hydrogen-bond donors (Lipinski definition) is 0. The minimum atomic E-state index is 0.472. The van der Waals surface area contributed by atoms with Crippen molar-refractivity contribution in [1.29, 1.82) is 0 Å². The van der Waals surface area contributed by atoms with E-state index in [1.807, 2.05) is 6.07 Å². The number of aryl methyl sites for hydroxylation is 2. The lowest BCUT2D eigenvalue weighted by molar-refractivity contribution is 0.950. The molecule has 4 heteroatoms. The molecule has 0 bridgehead atoms. The molecule has 0 radical (unpaired) electrons. The average Bonchev–Trinajstić information content (AvgIpc) is 2.78. The highest BCUT2D eigenvalue weighted by atomic mass is 35.5. The standard InChI is InChI=1S/C14H12ClN3/c1-9-3-4-11(7-10(9)2)12-8-13-14(15)16-5-6-18(13)17-12/h3-8H,1-2H3. The van der Waals surface area contributed by atoms with Gasteiger partial charge in [0, 0.05) is 18.0 Å². The molecular formula is C14H12ClN3. The van der Waals surface area contributed by atoms with Gasteiger partial charge in [0.2, 0.25) is 0 Å². The van der Waals surface area contributed by atoms with Crippen LogP contribution in [0.15, 0.2) is 36.7 Å². The van der Waals surface area contributed by atoms with Gasteiger partial charge in [0.25, 0.3) is 0 Å². The Balaban J connectivity index is 2.19. The number of fused-ring (bicyclic) bond motifs is 1. The third kappa shape index (κ3) is 1.77. The molecular weight excluding hydrogens is 246 g/mol. The summed E-state index contributed by atoms with van der Waals surface area (Å²) in [6.45, 7) is 4.20. The van der Waals surface area contributed by atoms with Crippen molar-refractivity contribution in [1.82, 2.24) is 14.6 Å². The molecule has 1 aromatic carbocycles. The van der Waals surface area contributed by atoms with E-state index in [9.17, 15) is 0 Å². The largest absolute Gasteiger partial charge is 0.241 e. The lowest BCUT2D eigenvalue weighted by Crippen LogP contribution is -1.88. The molecule has 3 nitrogen and oxygen atoms in total. The number of nitrogens with zero attached hydrogens (tertiary/aromatic N) is 3. The highest BCUT2D eigenvalue weighted by molar-refractivity contribution is 6.32. The molecule has 18 heavy (non-hydrogen) atoms. The maximum Gasteiger partial charge on any atom is 0.154 e. The summed E-state index contributed by atoms with van der Waals surface area (Å²) in [5.74, 6) is 0. The van der Waals surface area contributed by atoms with Crippen LogP contribution in [0.2, 0.25) is 5.15 Å². The van der Waals surface area contributed by atoms with Gasteiger partial charge in [-0.15, -0.1) is 0 Å². The van der Waals surface area contributed by atoms with E-state index in [1.54, 1.807) is 16.9 Å². The molecule has 0 spiro atoms. The lowest BCUT2D eigenvalue weighted by Gasteiger charge is -2.01. The summed E-state index contributed by atoms with van der Waals surface area (Å²) < 4.78 is 1.75. The Labute approximate surface area is 110 Å². The van der Waals surface area contributed by atoms with E-state index in [0.717, 1.165) is 16.8 Å². The van der Waals surface area contributed by atoms with E-state index in [4.69, 9.17) is 11.6 Å². The first kappa shape index (κ1) is 11.2. The van der Waals surface area contributed by atoms with E-state index < -0.39 is 0 Å². The summed E-state index contributed by atoms with van der Waals surface area (Å²) in [6, 6.07) is 8.28. The quantitative estimate of drug-likeness (QED) is 0.666. The van der Waals surface area contributed by atoms with Gasteiger partial charge in [0.05, 0.1) is 5.69 Å². The Bertz CT molecular complexity index is 731. The molecule has 2 heterocycles. The SMILES string of the molecule is Cc1ccc(-c2cc3c(Cl)nccn3n2)cc1C. The van der Waals surface area contributed by atoms with Crippen LogP contribution in [-0.2, 0) is 0 Å². The molecule has 0 fully saturated rings. The summed E-state index contributed by atoms with van der Waals surface area (Å²) in [5, 5.41) is 4.98. The second kappa shape index (κ2) is 4.10. The number of aromatic nitrogens is 3. The summed E-state index contributed by atoms with van der Waals surface area (Å²) in [6.07, 6.45) is 3.44. The molecule has 0 saturated carbocycles. The maximum absolute atomic E-state index is 6.04. The molecule has 3 aromatic rings. The molecule has 0 aliphatic heterocycles. The van der Waals surface area contributed by atoms with Crippen molar-refractivity contribution in [2.45, 2.75) is 13.8 Å². The van der Waals surface area contributed by atoms with Crippen LogP contribution in [0.3, 0.4) is 0 Å². The van der Waals surface area contributed by atoms with Gasteiger partial charge in [-0.1, -0.05) is 23.7 Å². The van der Waals surface area contributed by atoms with Crippen molar-refractivity contribution >= 4 is 17.1 Å². The molecule has 0 saturated heterocycles. The predicted octanol–water partition coefficient (Wildman–Crippen LogP) is 3.67. The van der Waals surface area contributed by atoms with Crippen LogP contribution in [-0.4, -0.2) is 14.6 Å². The highest BCUT2D eigenvalue weighted by Crippen LogP contribution is 2.24. The monoisotopic (exact) mass is 257 g/mol. The summed E-state index contributed by atoms with van der Waals surface area (Å²) in [5.41, 5.74) is 5.37. The Morgan fingerprint density at radius 1 is 1.11 bits per heavy atom. The van der Waals surface area contributed by atoms with Gasteiger partial charge in [0.1, 0.15) is 5.52 Å². The summed E-state index contributed by atoms with van der Waals surface area (Å²) in [7, 11) is 0. The van der Waals surface area contributed by atoms with Crippen LogP contribution in [0.1, 0.15) is 11.1 Å². The van der Waals surface area contributed by atoms with Gasteiger partial charge in [-0.2, -0.15) is 5.10 Å². The molecule has 90 valence electrons. The third-order valence-electron chi connectivity index (χ3n) is 3.15. The lowest BCUT2D eigenvalue weighted by atomic mass is 10.0.